The molecule has 1 unspecified atom stereocenters. The molecule has 1 N–H and O–H groups in total. The van der Waals surface area contributed by atoms with E-state index in [1.807, 2.05) is 12.3 Å². The average Bonchev–Trinajstić information content (AvgIpc) is 2.69. The lowest BCUT2D eigenvalue weighted by atomic mass is 10.2. The molecule has 0 aromatic carbocycles. The molecular weight excluding hydrogens is 162 g/mol. The van der Waals surface area contributed by atoms with Crippen LogP contribution in [-0.4, -0.2) is 24.1 Å². The lowest BCUT2D eigenvalue weighted by Gasteiger charge is -2.09. The Morgan fingerprint density at radius 1 is 1.54 bits per heavy atom. The molecule has 1 fully saturated rings. The third-order valence-corrected chi connectivity index (χ3v) is 2.30. The predicted molar refractivity (Wildman–Crippen MR) is 51.3 cm³/mol. The summed E-state index contributed by atoms with van der Waals surface area (Å²) in [5, 5.41) is 7.76. The number of aromatic nitrogens is 1. The van der Waals surface area contributed by atoms with Gasteiger partial charge in [0.05, 0.1) is 0 Å². The van der Waals surface area contributed by atoms with Crippen LogP contribution >= 0.6 is 0 Å². The molecule has 2 heterocycles. The van der Waals surface area contributed by atoms with Crippen LogP contribution in [0.5, 0.6) is 0 Å². The highest BCUT2D eigenvalue weighted by molar-refractivity contribution is 5.08. The number of rotatable bonds is 3. The van der Waals surface area contributed by atoms with Crippen molar-refractivity contribution in [3.63, 3.8) is 0 Å². The first-order valence-electron chi connectivity index (χ1n) is 4.71. The molecule has 1 aliphatic rings. The van der Waals surface area contributed by atoms with Crippen LogP contribution in [0.1, 0.15) is 12.0 Å². The Morgan fingerprint density at radius 3 is 3.23 bits per heavy atom. The Bertz CT molecular complexity index is 242. The lowest BCUT2D eigenvalue weighted by molar-refractivity contribution is 0.546. The maximum Gasteiger partial charge on any atom is 0.0312 e. The van der Waals surface area contributed by atoms with Gasteiger partial charge in [-0.3, -0.25) is 4.98 Å². The van der Waals surface area contributed by atoms with Crippen molar-refractivity contribution in [3.8, 4) is 0 Å². The van der Waals surface area contributed by atoms with E-state index >= 15 is 0 Å². The molecule has 1 aromatic rings. The topological polar surface area (TPSA) is 39.0 Å². The molecule has 3 nitrogen and oxygen atoms in total. The maximum absolute atomic E-state index is 4.30. The van der Waals surface area contributed by atoms with Gasteiger partial charge in [-0.25, -0.2) is 5.32 Å². The van der Waals surface area contributed by atoms with E-state index in [4.69, 9.17) is 0 Å². The van der Waals surface area contributed by atoms with E-state index < -0.39 is 0 Å². The van der Waals surface area contributed by atoms with E-state index in [2.05, 4.69) is 21.7 Å². The quantitative estimate of drug-likeness (QED) is 0.730. The Balaban J connectivity index is 1.79. The number of pyridine rings is 1. The highest BCUT2D eigenvalue weighted by atomic mass is 15.0. The summed E-state index contributed by atoms with van der Waals surface area (Å²) in [4.78, 5) is 4.07. The van der Waals surface area contributed by atoms with Crippen molar-refractivity contribution in [2.24, 2.45) is 0 Å². The molecule has 1 saturated heterocycles. The first kappa shape index (κ1) is 8.66. The number of nitrogens with zero attached hydrogens (tertiary/aromatic N) is 2. The highest BCUT2D eigenvalue weighted by Crippen LogP contribution is 2.01. The van der Waals surface area contributed by atoms with E-state index in [-0.39, 0.29) is 0 Å². The van der Waals surface area contributed by atoms with Crippen LogP contribution in [0.4, 0.5) is 0 Å². The Hall–Kier alpha value is -0.930. The van der Waals surface area contributed by atoms with Gasteiger partial charge in [0, 0.05) is 38.1 Å². The summed E-state index contributed by atoms with van der Waals surface area (Å²) >= 11 is 0. The highest BCUT2D eigenvalue weighted by Gasteiger charge is 2.13. The summed E-state index contributed by atoms with van der Waals surface area (Å²) in [6, 6.07) is 4.64. The Labute approximate surface area is 78.6 Å². The molecule has 0 bridgehead atoms. The minimum Gasteiger partial charge on any atom is -0.308 e. The van der Waals surface area contributed by atoms with Gasteiger partial charge in [0.1, 0.15) is 0 Å². The van der Waals surface area contributed by atoms with Crippen LogP contribution in [0, 0.1) is 0 Å². The molecule has 1 atom stereocenters. The fourth-order valence-electron chi connectivity index (χ4n) is 1.52. The third kappa shape index (κ3) is 2.50. The van der Waals surface area contributed by atoms with Gasteiger partial charge in [-0.05, 0) is 18.1 Å². The third-order valence-electron chi connectivity index (χ3n) is 2.30. The summed E-state index contributed by atoms with van der Waals surface area (Å²) in [5.41, 5.74) is 1.24. The van der Waals surface area contributed by atoms with E-state index in [1.54, 1.807) is 6.20 Å². The van der Waals surface area contributed by atoms with Gasteiger partial charge in [-0.15, -0.1) is 0 Å². The second-order valence-electron chi connectivity index (χ2n) is 3.36. The van der Waals surface area contributed by atoms with Crippen molar-refractivity contribution in [2.75, 3.05) is 13.1 Å². The molecule has 1 aliphatic heterocycles. The summed E-state index contributed by atoms with van der Waals surface area (Å²) < 4.78 is 0. The predicted octanol–water partition coefficient (Wildman–Crippen LogP) is 0.548. The Kier molecular flexibility index (Phi) is 2.90. The van der Waals surface area contributed by atoms with Crippen LogP contribution in [0.15, 0.2) is 24.5 Å². The Morgan fingerprint density at radius 2 is 2.54 bits per heavy atom. The van der Waals surface area contributed by atoms with Gasteiger partial charge < -0.3 is 5.32 Å². The van der Waals surface area contributed by atoms with E-state index in [0.717, 1.165) is 19.6 Å². The monoisotopic (exact) mass is 176 g/mol. The summed E-state index contributed by atoms with van der Waals surface area (Å²) in [7, 11) is 0. The number of hydrogen-bond acceptors (Lipinski definition) is 2. The van der Waals surface area contributed by atoms with Gasteiger partial charge >= 0.3 is 0 Å². The van der Waals surface area contributed by atoms with Gasteiger partial charge in [-0.2, -0.15) is 0 Å². The minimum absolute atomic E-state index is 0.584. The van der Waals surface area contributed by atoms with Crippen molar-refractivity contribution in [1.82, 2.24) is 15.6 Å². The number of hydrogen-bond donors (Lipinski definition) is 1. The largest absolute Gasteiger partial charge is 0.308 e. The zero-order valence-corrected chi connectivity index (χ0v) is 7.61. The zero-order chi connectivity index (χ0) is 8.93. The molecule has 69 valence electrons. The molecule has 0 amide bonds. The van der Waals surface area contributed by atoms with Gasteiger partial charge in [-0.1, -0.05) is 6.07 Å². The van der Waals surface area contributed by atoms with E-state index in [0.29, 0.717) is 6.04 Å². The molecular formula is C10H14N3. The molecule has 2 rings (SSSR count). The molecule has 0 spiro atoms. The van der Waals surface area contributed by atoms with Crippen molar-refractivity contribution >= 4 is 0 Å². The first-order valence-corrected chi connectivity index (χ1v) is 4.71. The first-order chi connectivity index (χ1) is 6.45. The molecule has 1 radical (unpaired) electrons. The molecule has 0 saturated carbocycles. The van der Waals surface area contributed by atoms with Crippen molar-refractivity contribution in [2.45, 2.75) is 19.0 Å². The fraction of sp³-hybridized carbons (Fsp3) is 0.500. The summed E-state index contributed by atoms with van der Waals surface area (Å²) in [6.45, 7) is 2.90. The van der Waals surface area contributed by atoms with Crippen LogP contribution in [0.2, 0.25) is 0 Å². The van der Waals surface area contributed by atoms with Crippen LogP contribution in [0.3, 0.4) is 0 Å². The lowest BCUT2D eigenvalue weighted by Crippen LogP contribution is -2.29. The van der Waals surface area contributed by atoms with Crippen molar-refractivity contribution in [1.29, 1.82) is 0 Å². The van der Waals surface area contributed by atoms with Crippen molar-refractivity contribution < 1.29 is 0 Å². The second kappa shape index (κ2) is 4.35. The maximum atomic E-state index is 4.30. The smallest absolute Gasteiger partial charge is 0.0312 e. The van der Waals surface area contributed by atoms with Crippen LogP contribution in [-0.2, 0) is 6.54 Å². The normalized spacial score (nSPS) is 22.0. The summed E-state index contributed by atoms with van der Waals surface area (Å²) in [6.07, 6.45) is 4.88. The molecule has 3 heteroatoms. The molecule has 0 aliphatic carbocycles. The van der Waals surface area contributed by atoms with Gasteiger partial charge in [0.2, 0.25) is 0 Å². The van der Waals surface area contributed by atoms with Gasteiger partial charge in [0.25, 0.3) is 0 Å². The van der Waals surface area contributed by atoms with Crippen molar-refractivity contribution in [3.05, 3.63) is 30.1 Å². The minimum atomic E-state index is 0.584. The van der Waals surface area contributed by atoms with E-state index in [1.165, 1.54) is 12.0 Å². The standard InChI is InChI=1S/C10H14N3/c1-2-9(6-11-4-1)7-13-10-3-5-12-8-10/h1-2,4,6,10,13H,3,5,7-8H2. The van der Waals surface area contributed by atoms with Crippen LogP contribution < -0.4 is 10.6 Å². The average molecular weight is 176 g/mol. The molecule has 13 heavy (non-hydrogen) atoms. The number of nitrogens with one attached hydrogen (secondary N) is 1. The van der Waals surface area contributed by atoms with Crippen LogP contribution in [0.25, 0.3) is 0 Å². The summed E-state index contributed by atoms with van der Waals surface area (Å²) in [5.74, 6) is 0. The zero-order valence-electron chi connectivity index (χ0n) is 7.61. The van der Waals surface area contributed by atoms with Gasteiger partial charge in [0.15, 0.2) is 0 Å². The molecule has 1 aromatic heterocycles. The second-order valence-corrected chi connectivity index (χ2v) is 3.36. The fourth-order valence-corrected chi connectivity index (χ4v) is 1.52. The van der Waals surface area contributed by atoms with E-state index in [9.17, 15) is 0 Å². The SMILES string of the molecule is c1cncc(CNC2CC[N]C2)c1.